The molecule has 6 rings (SSSR count). The van der Waals surface area contributed by atoms with E-state index in [4.69, 9.17) is 4.74 Å². The summed E-state index contributed by atoms with van der Waals surface area (Å²) in [6.07, 6.45) is 6.47. The van der Waals surface area contributed by atoms with Gasteiger partial charge < -0.3 is 4.74 Å². The Bertz CT molecular complexity index is 1340. The van der Waals surface area contributed by atoms with Crippen molar-refractivity contribution in [2.75, 3.05) is 13.2 Å². The minimum atomic E-state index is -3.54. The smallest absolute Gasteiger partial charge is 0.216 e. The third-order valence-corrected chi connectivity index (χ3v) is 12.2. The van der Waals surface area contributed by atoms with Gasteiger partial charge in [0.2, 0.25) is 10.0 Å². The fraction of sp³-hybridized carbons (Fsp3) is 0.657. The Morgan fingerprint density at radius 1 is 0.930 bits per heavy atom. The molecule has 2 aromatic rings. The van der Waals surface area contributed by atoms with E-state index in [1.165, 1.54) is 27.8 Å². The van der Waals surface area contributed by atoms with Gasteiger partial charge in [0.05, 0.1) is 11.9 Å². The molecule has 1 saturated carbocycles. The average molecular weight is 609 g/mol. The second-order valence-electron chi connectivity index (χ2n) is 14.9. The second-order valence-corrected chi connectivity index (χ2v) is 16.9. The molecule has 0 amide bonds. The monoisotopic (exact) mass is 608 g/mol. The first-order valence-electron chi connectivity index (χ1n) is 16.5. The van der Waals surface area contributed by atoms with Crippen LogP contribution >= 0.6 is 0 Å². The number of nitrogens with zero attached hydrogens (tertiary/aromatic N) is 1. The molecule has 2 aliphatic heterocycles. The fourth-order valence-corrected chi connectivity index (χ4v) is 10.0. The molecule has 3 N–H and O–H groups in total. The van der Waals surface area contributed by atoms with Crippen molar-refractivity contribution in [2.45, 2.75) is 122 Å². The van der Waals surface area contributed by atoms with Crippen molar-refractivity contribution < 1.29 is 13.2 Å². The Morgan fingerprint density at radius 2 is 1.63 bits per heavy atom. The van der Waals surface area contributed by atoms with Gasteiger partial charge in [0.15, 0.2) is 0 Å². The molecule has 0 spiro atoms. The lowest BCUT2D eigenvalue weighted by atomic mass is 9.84. The third kappa shape index (κ3) is 7.21. The van der Waals surface area contributed by atoms with Gasteiger partial charge in [-0.1, -0.05) is 69.7 Å². The van der Waals surface area contributed by atoms with Gasteiger partial charge >= 0.3 is 0 Å². The van der Waals surface area contributed by atoms with Gasteiger partial charge in [-0.15, -0.1) is 0 Å². The molecule has 43 heavy (non-hydrogen) atoms. The molecule has 0 aromatic heterocycles. The van der Waals surface area contributed by atoms with Crippen LogP contribution in [0.1, 0.15) is 93.2 Å². The van der Waals surface area contributed by atoms with E-state index in [9.17, 15) is 8.42 Å². The summed E-state index contributed by atoms with van der Waals surface area (Å²) in [5.74, 6) is 0.352. The van der Waals surface area contributed by atoms with Crippen molar-refractivity contribution in [1.82, 2.24) is 20.3 Å². The number of ether oxygens (including phenoxy) is 1. The Morgan fingerprint density at radius 3 is 2.30 bits per heavy atom. The number of aryl methyl sites for hydroxylation is 2. The van der Waals surface area contributed by atoms with E-state index in [-0.39, 0.29) is 29.0 Å². The maximum absolute atomic E-state index is 13.9. The number of rotatable bonds is 3. The molecule has 7 nitrogen and oxygen atoms in total. The standard InChI is InChI=1S/C35H52N4O3S/c1-23-10-8-11-24(2)33(23)31-19-32-37-34(36-31)38-43(40,41)30-15-9-12-25(16-30)21-39(29(22-42-32)20-35(3,4)5)28-17-26-13-6-7-14-27(26)18-28/h6-8,10-11,13-14,25,28-32,34,36-38H,9,12,15-22H2,1-5H3/t25?,29-,30?,31?,32?,34?/m1/s1. The van der Waals surface area contributed by atoms with Crippen LogP contribution in [0, 0.1) is 25.2 Å². The van der Waals surface area contributed by atoms with Crippen LogP contribution < -0.4 is 15.4 Å². The minimum Gasteiger partial charge on any atom is -0.362 e. The van der Waals surface area contributed by atoms with E-state index >= 15 is 0 Å². The zero-order chi connectivity index (χ0) is 30.4. The topological polar surface area (TPSA) is 82.7 Å². The third-order valence-electron chi connectivity index (χ3n) is 10.3. The van der Waals surface area contributed by atoms with Gasteiger partial charge in [0.25, 0.3) is 0 Å². The summed E-state index contributed by atoms with van der Waals surface area (Å²) in [6.45, 7) is 12.8. The van der Waals surface area contributed by atoms with Crippen LogP contribution in [-0.2, 0) is 27.6 Å². The summed E-state index contributed by atoms with van der Waals surface area (Å²) < 4.78 is 37.6. The van der Waals surface area contributed by atoms with E-state index in [0.717, 1.165) is 51.5 Å². The number of hydrogen-bond donors (Lipinski definition) is 3. The van der Waals surface area contributed by atoms with Crippen molar-refractivity contribution >= 4 is 10.0 Å². The summed E-state index contributed by atoms with van der Waals surface area (Å²) in [7, 11) is -3.54. The highest BCUT2D eigenvalue weighted by Gasteiger charge is 2.41. The molecular formula is C35H52N4O3S. The highest BCUT2D eigenvalue weighted by atomic mass is 32.2. The zero-order valence-corrected chi connectivity index (χ0v) is 27.6. The number of sulfonamides is 1. The van der Waals surface area contributed by atoms with Crippen molar-refractivity contribution in [3.05, 3.63) is 70.3 Å². The van der Waals surface area contributed by atoms with Gasteiger partial charge in [-0.2, -0.15) is 4.72 Å². The molecular weight excluding hydrogens is 556 g/mol. The first-order valence-corrected chi connectivity index (χ1v) is 18.0. The van der Waals surface area contributed by atoms with Gasteiger partial charge in [-0.3, -0.25) is 15.5 Å². The van der Waals surface area contributed by atoms with E-state index in [1.807, 2.05) is 0 Å². The number of benzene rings is 2. The summed E-state index contributed by atoms with van der Waals surface area (Å²) in [5, 5.41) is 6.73. The predicted octanol–water partition coefficient (Wildman–Crippen LogP) is 5.32. The summed E-state index contributed by atoms with van der Waals surface area (Å²) >= 11 is 0. The molecule has 4 bridgehead atoms. The fourth-order valence-electron chi connectivity index (χ4n) is 8.37. The highest BCUT2D eigenvalue weighted by molar-refractivity contribution is 7.90. The molecule has 5 unspecified atom stereocenters. The molecule has 236 valence electrons. The van der Waals surface area contributed by atoms with Crippen molar-refractivity contribution in [3.63, 3.8) is 0 Å². The van der Waals surface area contributed by atoms with Crippen LogP contribution in [0.3, 0.4) is 0 Å². The number of fused-ring (bicyclic) bond motifs is 5. The first kappa shape index (κ1) is 31.2. The Labute approximate surface area is 259 Å². The molecule has 2 heterocycles. The Kier molecular flexibility index (Phi) is 9.09. The molecule has 0 radical (unpaired) electrons. The summed E-state index contributed by atoms with van der Waals surface area (Å²) in [5.41, 5.74) is 6.71. The van der Waals surface area contributed by atoms with Crippen LogP contribution in [0.4, 0.5) is 0 Å². The van der Waals surface area contributed by atoms with Gasteiger partial charge in [-0.05, 0) is 91.5 Å². The Balaban J connectivity index is 1.35. The lowest BCUT2D eigenvalue weighted by Gasteiger charge is -2.43. The van der Waals surface area contributed by atoms with Crippen LogP contribution in [0.25, 0.3) is 0 Å². The van der Waals surface area contributed by atoms with Gasteiger partial charge in [-0.25, -0.2) is 8.42 Å². The molecule has 6 atom stereocenters. The molecule has 4 aliphatic rings. The van der Waals surface area contributed by atoms with Crippen LogP contribution in [0.5, 0.6) is 0 Å². The normalized spacial score (nSPS) is 32.3. The first-order chi connectivity index (χ1) is 20.4. The summed E-state index contributed by atoms with van der Waals surface area (Å²) in [4.78, 5) is 2.75. The van der Waals surface area contributed by atoms with Gasteiger partial charge in [0, 0.05) is 31.1 Å². The van der Waals surface area contributed by atoms with E-state index in [2.05, 4.69) is 97.3 Å². The van der Waals surface area contributed by atoms with E-state index in [1.54, 1.807) is 0 Å². The van der Waals surface area contributed by atoms with Crippen LogP contribution in [-0.4, -0.2) is 56.3 Å². The minimum absolute atomic E-state index is 0.0223. The quantitative estimate of drug-likeness (QED) is 0.438. The largest absolute Gasteiger partial charge is 0.362 e. The molecule has 2 saturated heterocycles. The molecule has 8 heteroatoms. The number of nitrogens with one attached hydrogen (secondary N) is 3. The lowest BCUT2D eigenvalue weighted by molar-refractivity contribution is -0.0570. The van der Waals surface area contributed by atoms with Crippen molar-refractivity contribution in [2.24, 2.45) is 11.3 Å². The van der Waals surface area contributed by atoms with Crippen molar-refractivity contribution in [1.29, 1.82) is 0 Å². The number of hydrogen-bond acceptors (Lipinski definition) is 6. The van der Waals surface area contributed by atoms with E-state index in [0.29, 0.717) is 25.0 Å². The van der Waals surface area contributed by atoms with Gasteiger partial charge in [0.1, 0.15) is 12.5 Å². The maximum Gasteiger partial charge on any atom is 0.216 e. The highest BCUT2D eigenvalue weighted by Crippen LogP contribution is 2.36. The zero-order valence-electron chi connectivity index (χ0n) is 26.7. The SMILES string of the molecule is Cc1cccc(C)c1C1CC2NC(N1)NS(=O)(=O)C1CCCC(C1)CN(C1Cc3ccccc3C1)[C@H](CC(C)(C)C)CO2. The second kappa shape index (κ2) is 12.5. The van der Waals surface area contributed by atoms with E-state index < -0.39 is 16.3 Å². The van der Waals surface area contributed by atoms with Crippen molar-refractivity contribution in [3.8, 4) is 0 Å². The molecule has 3 fully saturated rings. The van der Waals surface area contributed by atoms with Crippen LogP contribution in [0.15, 0.2) is 42.5 Å². The molecule has 2 aliphatic carbocycles. The predicted molar refractivity (Wildman–Crippen MR) is 173 cm³/mol. The lowest BCUT2D eigenvalue weighted by Crippen LogP contribution is -2.64. The Hall–Kier alpha value is -1.81. The van der Waals surface area contributed by atoms with Crippen LogP contribution in [0.2, 0.25) is 0 Å². The molecule has 2 aromatic carbocycles. The maximum atomic E-state index is 13.9. The summed E-state index contributed by atoms with van der Waals surface area (Å²) in [6, 6.07) is 15.9. The average Bonchev–Trinajstić information content (AvgIpc) is 3.37.